The van der Waals surface area contributed by atoms with Crippen molar-refractivity contribution in [2.24, 2.45) is 0 Å². The molecule has 0 saturated carbocycles. The third-order valence-electron chi connectivity index (χ3n) is 3.31. The Bertz CT molecular complexity index is 319. The van der Waals surface area contributed by atoms with Crippen molar-refractivity contribution in [1.29, 1.82) is 0 Å². The quantitative estimate of drug-likeness (QED) is 0.829. The zero-order valence-corrected chi connectivity index (χ0v) is 12.1. The second-order valence-corrected chi connectivity index (χ2v) is 5.70. The molecule has 1 unspecified atom stereocenters. The van der Waals surface area contributed by atoms with Crippen LogP contribution in [-0.4, -0.2) is 53.0 Å². The van der Waals surface area contributed by atoms with Crippen molar-refractivity contribution in [3.8, 4) is 0 Å². The summed E-state index contributed by atoms with van der Waals surface area (Å²) in [4.78, 5) is 27.4. The van der Waals surface area contributed by atoms with Crippen molar-refractivity contribution < 1.29 is 9.59 Å². The molecule has 5 heteroatoms. The van der Waals surface area contributed by atoms with E-state index in [2.05, 4.69) is 5.32 Å². The number of carbonyl (C=O) groups is 2. The molecule has 5 nitrogen and oxygen atoms in total. The molecular weight excluding hydrogens is 230 g/mol. The van der Waals surface area contributed by atoms with E-state index in [0.29, 0.717) is 26.1 Å². The van der Waals surface area contributed by atoms with E-state index in [4.69, 9.17) is 0 Å². The van der Waals surface area contributed by atoms with Crippen molar-refractivity contribution in [2.75, 3.05) is 19.6 Å². The number of nitrogens with zero attached hydrogens (tertiary/aromatic N) is 2. The Labute approximate surface area is 110 Å². The van der Waals surface area contributed by atoms with Crippen LogP contribution in [0.25, 0.3) is 0 Å². The monoisotopic (exact) mass is 255 g/mol. The second kappa shape index (κ2) is 5.59. The van der Waals surface area contributed by atoms with E-state index in [1.54, 1.807) is 4.90 Å². The molecule has 18 heavy (non-hydrogen) atoms. The van der Waals surface area contributed by atoms with E-state index >= 15 is 0 Å². The highest BCUT2D eigenvalue weighted by Crippen LogP contribution is 2.21. The van der Waals surface area contributed by atoms with Gasteiger partial charge in [0.1, 0.15) is 0 Å². The van der Waals surface area contributed by atoms with Gasteiger partial charge in [-0.3, -0.25) is 4.79 Å². The van der Waals surface area contributed by atoms with Gasteiger partial charge in [0.2, 0.25) is 5.91 Å². The Hall–Kier alpha value is -1.26. The maximum Gasteiger partial charge on any atom is 0.317 e. The Morgan fingerprint density at radius 1 is 1.39 bits per heavy atom. The fourth-order valence-corrected chi connectivity index (χ4v) is 2.23. The second-order valence-electron chi connectivity index (χ2n) is 5.70. The lowest BCUT2D eigenvalue weighted by Crippen LogP contribution is -2.47. The van der Waals surface area contributed by atoms with Crippen LogP contribution in [0.5, 0.6) is 0 Å². The van der Waals surface area contributed by atoms with Crippen LogP contribution in [0.2, 0.25) is 0 Å². The maximum atomic E-state index is 11.9. The minimum absolute atomic E-state index is 0.0650. The molecule has 0 aromatic carbocycles. The lowest BCUT2D eigenvalue weighted by Gasteiger charge is -2.32. The number of urea groups is 1. The number of likely N-dealkylation sites (tertiary alicyclic amines) is 1. The number of carbonyl (C=O) groups excluding carboxylic acids is 2. The Kier molecular flexibility index (Phi) is 4.59. The van der Waals surface area contributed by atoms with E-state index in [1.165, 1.54) is 0 Å². The van der Waals surface area contributed by atoms with Gasteiger partial charge in [0.15, 0.2) is 0 Å². The predicted molar refractivity (Wildman–Crippen MR) is 71.3 cm³/mol. The number of amides is 3. The van der Waals surface area contributed by atoms with E-state index in [9.17, 15) is 9.59 Å². The van der Waals surface area contributed by atoms with Crippen LogP contribution < -0.4 is 5.32 Å². The summed E-state index contributed by atoms with van der Waals surface area (Å²) >= 11 is 0. The Morgan fingerprint density at radius 2 is 1.94 bits per heavy atom. The number of nitrogens with one attached hydrogen (secondary N) is 1. The smallest absolute Gasteiger partial charge is 0.317 e. The van der Waals surface area contributed by atoms with Crippen LogP contribution in [0.15, 0.2) is 0 Å². The fraction of sp³-hybridized carbons (Fsp3) is 0.846. The van der Waals surface area contributed by atoms with Gasteiger partial charge in [-0.15, -0.1) is 0 Å². The molecule has 1 atom stereocenters. The molecule has 0 spiro atoms. The zero-order valence-electron chi connectivity index (χ0n) is 12.1. The molecule has 1 saturated heterocycles. The van der Waals surface area contributed by atoms with Crippen LogP contribution in [0.3, 0.4) is 0 Å². The van der Waals surface area contributed by atoms with Crippen LogP contribution in [0.4, 0.5) is 4.79 Å². The molecule has 1 aliphatic heterocycles. The average Bonchev–Trinajstić information content (AvgIpc) is 2.60. The highest BCUT2D eigenvalue weighted by atomic mass is 16.2. The van der Waals surface area contributed by atoms with Crippen LogP contribution >= 0.6 is 0 Å². The molecule has 0 aromatic rings. The van der Waals surface area contributed by atoms with Gasteiger partial charge in [0.05, 0.1) is 6.04 Å². The number of hydrogen-bond acceptors (Lipinski definition) is 2. The maximum absolute atomic E-state index is 11.9. The number of rotatable bonds is 3. The normalized spacial score (nSPS) is 20.2. The molecule has 104 valence electrons. The van der Waals surface area contributed by atoms with Gasteiger partial charge in [-0.2, -0.15) is 0 Å². The minimum Gasteiger partial charge on any atom is -0.336 e. The average molecular weight is 255 g/mol. The van der Waals surface area contributed by atoms with E-state index in [1.807, 2.05) is 39.5 Å². The lowest BCUT2D eigenvalue weighted by atomic mass is 10.1. The number of hydrogen-bond donors (Lipinski definition) is 1. The summed E-state index contributed by atoms with van der Waals surface area (Å²) in [5.41, 5.74) is -0.175. The summed E-state index contributed by atoms with van der Waals surface area (Å²) < 4.78 is 0. The van der Waals surface area contributed by atoms with Crippen molar-refractivity contribution >= 4 is 11.9 Å². The molecule has 0 radical (unpaired) electrons. The molecule has 1 rings (SSSR count). The van der Waals surface area contributed by atoms with E-state index in [-0.39, 0.29) is 23.5 Å². The molecule has 1 aliphatic rings. The first-order valence-electron chi connectivity index (χ1n) is 6.65. The Morgan fingerprint density at radius 3 is 2.33 bits per heavy atom. The molecule has 1 heterocycles. The summed E-state index contributed by atoms with van der Waals surface area (Å²) in [6.07, 6.45) is 0.407. The topological polar surface area (TPSA) is 52.7 Å². The van der Waals surface area contributed by atoms with Crippen molar-refractivity contribution in [3.63, 3.8) is 0 Å². The first-order chi connectivity index (χ1) is 8.29. The summed E-state index contributed by atoms with van der Waals surface area (Å²) in [5.74, 6) is 0.118. The third-order valence-corrected chi connectivity index (χ3v) is 3.31. The molecule has 1 fully saturated rings. The van der Waals surface area contributed by atoms with Crippen molar-refractivity contribution in [3.05, 3.63) is 0 Å². The predicted octanol–water partition coefficient (Wildman–Crippen LogP) is 1.44. The Balaban J connectivity index is 2.57. The van der Waals surface area contributed by atoms with E-state index in [0.717, 1.165) is 0 Å². The van der Waals surface area contributed by atoms with Gasteiger partial charge in [0, 0.05) is 31.6 Å². The summed E-state index contributed by atoms with van der Waals surface area (Å²) in [7, 11) is 0. The van der Waals surface area contributed by atoms with Gasteiger partial charge in [-0.1, -0.05) is 0 Å². The first kappa shape index (κ1) is 14.8. The molecule has 0 bridgehead atoms. The summed E-state index contributed by atoms with van der Waals surface area (Å²) in [6, 6.07) is -0.140. The first-order valence-corrected chi connectivity index (χ1v) is 6.65. The van der Waals surface area contributed by atoms with Gasteiger partial charge in [0.25, 0.3) is 0 Å². The molecular formula is C13H25N3O2. The SMILES string of the molecule is CCN(CC)C(=O)NC1CC(=O)N(C(C)(C)C)C1. The summed E-state index contributed by atoms with van der Waals surface area (Å²) in [5, 5.41) is 2.94. The van der Waals surface area contributed by atoms with Crippen LogP contribution in [0, 0.1) is 0 Å². The molecule has 0 aliphatic carbocycles. The zero-order chi connectivity index (χ0) is 13.9. The van der Waals surface area contributed by atoms with Crippen molar-refractivity contribution in [2.45, 2.75) is 52.6 Å². The van der Waals surface area contributed by atoms with Crippen molar-refractivity contribution in [1.82, 2.24) is 15.1 Å². The van der Waals surface area contributed by atoms with Gasteiger partial charge < -0.3 is 15.1 Å². The van der Waals surface area contributed by atoms with E-state index < -0.39 is 0 Å². The molecule has 1 N–H and O–H groups in total. The highest BCUT2D eigenvalue weighted by molar-refractivity contribution is 5.82. The standard InChI is InChI=1S/C13H25N3O2/c1-6-15(7-2)12(18)14-10-8-11(17)16(9-10)13(3,4)5/h10H,6-9H2,1-5H3,(H,14,18). The van der Waals surface area contributed by atoms with Gasteiger partial charge >= 0.3 is 6.03 Å². The van der Waals surface area contributed by atoms with Crippen LogP contribution in [0.1, 0.15) is 41.0 Å². The van der Waals surface area contributed by atoms with Gasteiger partial charge in [-0.25, -0.2) is 4.79 Å². The molecule has 0 aromatic heterocycles. The largest absolute Gasteiger partial charge is 0.336 e. The van der Waals surface area contributed by atoms with Crippen LogP contribution in [-0.2, 0) is 4.79 Å². The fourth-order valence-electron chi connectivity index (χ4n) is 2.23. The minimum atomic E-state index is -0.175. The molecule has 3 amide bonds. The highest BCUT2D eigenvalue weighted by Gasteiger charge is 2.37. The lowest BCUT2D eigenvalue weighted by molar-refractivity contribution is -0.131. The van der Waals surface area contributed by atoms with Gasteiger partial charge in [-0.05, 0) is 34.6 Å². The summed E-state index contributed by atoms with van der Waals surface area (Å²) in [6.45, 7) is 11.9. The third kappa shape index (κ3) is 3.37.